The van der Waals surface area contributed by atoms with E-state index in [-0.39, 0.29) is 0 Å². The van der Waals surface area contributed by atoms with Crippen molar-refractivity contribution in [1.29, 1.82) is 0 Å². The van der Waals surface area contributed by atoms with Gasteiger partial charge in [-0.05, 0) is 36.3 Å². The summed E-state index contributed by atoms with van der Waals surface area (Å²) < 4.78 is 13.0. The Labute approximate surface area is 125 Å². The van der Waals surface area contributed by atoms with Crippen LogP contribution in [0.25, 0.3) is 12.2 Å². The minimum Gasteiger partial charge on any atom is -0.500 e. The predicted octanol–water partition coefficient (Wildman–Crippen LogP) is 3.06. The zero-order valence-corrected chi connectivity index (χ0v) is 12.7. The van der Waals surface area contributed by atoms with Crippen LogP contribution in [0.15, 0.2) is 23.7 Å². The van der Waals surface area contributed by atoms with Gasteiger partial charge in [-0.15, -0.1) is 0 Å². The summed E-state index contributed by atoms with van der Waals surface area (Å²) >= 11 is 0. The van der Waals surface area contributed by atoms with Crippen molar-refractivity contribution in [1.82, 2.24) is 4.57 Å². The van der Waals surface area contributed by atoms with Crippen LogP contribution in [0, 0.1) is 11.8 Å². The van der Waals surface area contributed by atoms with Gasteiger partial charge in [0.05, 0.1) is 20.6 Å². The van der Waals surface area contributed by atoms with Crippen LogP contribution >= 0.6 is 0 Å². The Morgan fingerprint density at radius 3 is 2.67 bits per heavy atom. The van der Waals surface area contributed by atoms with Gasteiger partial charge in [0.1, 0.15) is 11.5 Å². The van der Waals surface area contributed by atoms with E-state index in [1.54, 1.807) is 14.2 Å². The summed E-state index contributed by atoms with van der Waals surface area (Å²) in [6.45, 7) is 0. The van der Waals surface area contributed by atoms with Crippen LogP contribution in [-0.4, -0.2) is 18.8 Å². The van der Waals surface area contributed by atoms with Crippen LogP contribution < -0.4 is 0 Å². The molecule has 1 aromatic rings. The molecule has 0 unspecified atom stereocenters. The third-order valence-electron chi connectivity index (χ3n) is 4.07. The van der Waals surface area contributed by atoms with Crippen molar-refractivity contribution in [2.75, 3.05) is 14.2 Å². The Bertz CT molecular complexity index is 721. The predicted molar refractivity (Wildman–Crippen MR) is 84.3 cm³/mol. The van der Waals surface area contributed by atoms with Gasteiger partial charge in [-0.1, -0.05) is 11.8 Å². The van der Waals surface area contributed by atoms with E-state index in [2.05, 4.69) is 41.7 Å². The van der Waals surface area contributed by atoms with Gasteiger partial charge in [0, 0.05) is 30.4 Å². The molecule has 108 valence electrons. The zero-order valence-electron chi connectivity index (χ0n) is 12.7. The Hall–Kier alpha value is -2.34. The van der Waals surface area contributed by atoms with Crippen molar-refractivity contribution in [2.24, 2.45) is 7.05 Å². The topological polar surface area (TPSA) is 23.4 Å². The lowest BCUT2D eigenvalue weighted by molar-refractivity contribution is 0.290. The molecule has 0 bridgehead atoms. The molecule has 0 radical (unpaired) electrons. The molecule has 0 aromatic carbocycles. The van der Waals surface area contributed by atoms with Crippen LogP contribution in [0.1, 0.15) is 28.9 Å². The normalized spacial score (nSPS) is 18.6. The molecule has 1 heterocycles. The van der Waals surface area contributed by atoms with Gasteiger partial charge in [-0.2, -0.15) is 0 Å². The number of fused-ring (bicyclic) bond motifs is 3. The smallest absolute Gasteiger partial charge is 0.115 e. The maximum absolute atomic E-state index is 5.45. The summed E-state index contributed by atoms with van der Waals surface area (Å²) in [5.41, 5.74) is 5.03. The van der Waals surface area contributed by atoms with Crippen LogP contribution in [0.4, 0.5) is 0 Å². The molecule has 0 amide bonds. The first-order chi connectivity index (χ1) is 10.2. The third-order valence-corrected chi connectivity index (χ3v) is 4.07. The zero-order chi connectivity index (χ0) is 14.8. The first-order valence-corrected chi connectivity index (χ1v) is 7.07. The number of methoxy groups -OCH3 is 2. The van der Waals surface area contributed by atoms with Crippen molar-refractivity contribution in [2.45, 2.75) is 19.3 Å². The fraction of sp³-hybridized carbons (Fsp3) is 0.333. The third kappa shape index (κ3) is 2.38. The first-order valence-electron chi connectivity index (χ1n) is 7.07. The summed E-state index contributed by atoms with van der Waals surface area (Å²) in [6, 6.07) is 0. The Balaban J connectivity index is 2.17. The highest BCUT2D eigenvalue weighted by Gasteiger charge is 2.20. The lowest BCUT2D eigenvalue weighted by Gasteiger charge is -2.08. The Morgan fingerprint density at radius 2 is 1.90 bits per heavy atom. The average molecular weight is 281 g/mol. The van der Waals surface area contributed by atoms with Crippen molar-refractivity contribution in [3.63, 3.8) is 0 Å². The maximum Gasteiger partial charge on any atom is 0.115 e. The highest BCUT2D eigenvalue weighted by Crippen LogP contribution is 2.30. The van der Waals surface area contributed by atoms with Crippen LogP contribution in [0.5, 0.6) is 0 Å². The van der Waals surface area contributed by atoms with Crippen LogP contribution in [0.2, 0.25) is 0 Å². The maximum atomic E-state index is 5.45. The average Bonchev–Trinajstić information content (AvgIpc) is 2.64. The van der Waals surface area contributed by atoms with E-state index in [4.69, 9.17) is 9.47 Å². The van der Waals surface area contributed by atoms with E-state index in [9.17, 15) is 0 Å². The highest BCUT2D eigenvalue weighted by molar-refractivity contribution is 5.69. The summed E-state index contributed by atoms with van der Waals surface area (Å²) in [6.07, 6.45) is 10.7. The summed E-state index contributed by atoms with van der Waals surface area (Å²) in [5.74, 6) is 8.22. The number of rotatable bonds is 2. The second-order valence-corrected chi connectivity index (χ2v) is 5.15. The van der Waals surface area contributed by atoms with E-state index in [0.717, 1.165) is 24.4 Å². The first kappa shape index (κ1) is 13.6. The van der Waals surface area contributed by atoms with Gasteiger partial charge < -0.3 is 14.0 Å². The summed E-state index contributed by atoms with van der Waals surface area (Å²) in [4.78, 5) is 0. The lowest BCUT2D eigenvalue weighted by Crippen LogP contribution is -2.00. The van der Waals surface area contributed by atoms with Crippen molar-refractivity contribution in [3.8, 4) is 11.8 Å². The molecule has 3 nitrogen and oxygen atoms in total. The SMILES string of the molecule is COC1=CCc2c3c(n(C)c2C=C1)CC#CC/C(OC)=C\3. The minimum atomic E-state index is 0.675. The number of aromatic nitrogens is 1. The van der Waals surface area contributed by atoms with Gasteiger partial charge in [0.25, 0.3) is 0 Å². The van der Waals surface area contributed by atoms with E-state index >= 15 is 0 Å². The number of hydrogen-bond donors (Lipinski definition) is 0. The number of hydrogen-bond acceptors (Lipinski definition) is 2. The highest BCUT2D eigenvalue weighted by atomic mass is 16.5. The second-order valence-electron chi connectivity index (χ2n) is 5.15. The molecule has 0 spiro atoms. The quantitative estimate of drug-likeness (QED) is 0.778. The molecule has 2 aliphatic rings. The number of allylic oxidation sites excluding steroid dienone is 3. The van der Waals surface area contributed by atoms with Gasteiger partial charge in [0.2, 0.25) is 0 Å². The fourth-order valence-electron chi connectivity index (χ4n) is 2.87. The fourth-order valence-corrected chi connectivity index (χ4v) is 2.87. The molecule has 0 saturated heterocycles. The van der Waals surface area contributed by atoms with Gasteiger partial charge >= 0.3 is 0 Å². The number of nitrogens with zero attached hydrogens (tertiary/aromatic N) is 1. The molecule has 21 heavy (non-hydrogen) atoms. The van der Waals surface area contributed by atoms with Crippen molar-refractivity contribution >= 4 is 12.2 Å². The standard InChI is InChI=1S/C18H19NO2/c1-19-17-7-5-4-6-14(21-3)12-16(17)15-10-8-13(20-2)9-11-18(15)19/h8-9,11-12H,6-7,10H2,1-3H3/b14-12+. The molecule has 0 saturated carbocycles. The van der Waals surface area contributed by atoms with E-state index in [0.29, 0.717) is 6.42 Å². The molecule has 1 aromatic heterocycles. The molecule has 0 atom stereocenters. The van der Waals surface area contributed by atoms with E-state index in [1.165, 1.54) is 22.5 Å². The second kappa shape index (κ2) is 5.57. The summed E-state index contributed by atoms with van der Waals surface area (Å²) in [5, 5.41) is 0. The number of ether oxygens (including phenoxy) is 2. The summed E-state index contributed by atoms with van der Waals surface area (Å²) in [7, 11) is 5.51. The molecule has 3 rings (SSSR count). The minimum absolute atomic E-state index is 0.675. The lowest BCUT2D eigenvalue weighted by atomic mass is 10.0. The largest absolute Gasteiger partial charge is 0.500 e. The van der Waals surface area contributed by atoms with Crippen LogP contribution in [0.3, 0.4) is 0 Å². The molecular formula is C18H19NO2. The van der Waals surface area contributed by atoms with Gasteiger partial charge in [-0.25, -0.2) is 0 Å². The van der Waals surface area contributed by atoms with Crippen molar-refractivity contribution in [3.05, 3.63) is 46.2 Å². The monoisotopic (exact) mass is 281 g/mol. The van der Waals surface area contributed by atoms with Crippen LogP contribution in [-0.2, 0) is 29.4 Å². The molecule has 3 heteroatoms. The Morgan fingerprint density at radius 1 is 1.10 bits per heavy atom. The molecule has 0 fully saturated rings. The van der Waals surface area contributed by atoms with E-state index in [1.807, 2.05) is 6.08 Å². The Kier molecular flexibility index (Phi) is 3.62. The van der Waals surface area contributed by atoms with Gasteiger partial charge in [-0.3, -0.25) is 0 Å². The molecule has 0 aliphatic heterocycles. The molecular weight excluding hydrogens is 262 g/mol. The molecule has 2 aliphatic carbocycles. The molecule has 0 N–H and O–H groups in total. The van der Waals surface area contributed by atoms with E-state index < -0.39 is 0 Å². The van der Waals surface area contributed by atoms with Crippen molar-refractivity contribution < 1.29 is 9.47 Å². The van der Waals surface area contributed by atoms with Gasteiger partial charge in [0.15, 0.2) is 0 Å².